The summed E-state index contributed by atoms with van der Waals surface area (Å²) >= 11 is 0. The van der Waals surface area contributed by atoms with Crippen molar-refractivity contribution in [2.45, 2.75) is 38.5 Å². The predicted molar refractivity (Wildman–Crippen MR) is 80.4 cm³/mol. The standard InChI is InChI=1S/C16H23NO4/c1-17-15(18)7-5-3-4-6-8-16(19)21-14-11-9-13(20-2)10-12-14/h9-12H,3-8H2,1-2H3,(H,17,18). The van der Waals surface area contributed by atoms with Crippen LogP contribution in [0.25, 0.3) is 0 Å². The van der Waals surface area contributed by atoms with Gasteiger partial charge in [0.1, 0.15) is 11.5 Å². The molecule has 0 atom stereocenters. The van der Waals surface area contributed by atoms with Crippen LogP contribution >= 0.6 is 0 Å². The highest BCUT2D eigenvalue weighted by molar-refractivity contribution is 5.75. The van der Waals surface area contributed by atoms with Gasteiger partial charge in [-0.05, 0) is 37.1 Å². The lowest BCUT2D eigenvalue weighted by Crippen LogP contribution is -2.16. The van der Waals surface area contributed by atoms with Crippen molar-refractivity contribution in [3.05, 3.63) is 24.3 Å². The molecule has 0 radical (unpaired) electrons. The van der Waals surface area contributed by atoms with E-state index in [1.165, 1.54) is 0 Å². The smallest absolute Gasteiger partial charge is 0.311 e. The molecule has 0 bridgehead atoms. The first-order valence-corrected chi connectivity index (χ1v) is 7.21. The van der Waals surface area contributed by atoms with Crippen LogP contribution in [0.1, 0.15) is 38.5 Å². The molecular formula is C16H23NO4. The first-order chi connectivity index (χ1) is 10.2. The molecule has 0 fully saturated rings. The van der Waals surface area contributed by atoms with Crippen LogP contribution < -0.4 is 14.8 Å². The molecule has 21 heavy (non-hydrogen) atoms. The minimum absolute atomic E-state index is 0.0638. The Morgan fingerprint density at radius 3 is 2.10 bits per heavy atom. The maximum Gasteiger partial charge on any atom is 0.311 e. The van der Waals surface area contributed by atoms with Crippen molar-refractivity contribution in [3.8, 4) is 11.5 Å². The number of hydrogen-bond donors (Lipinski definition) is 1. The van der Waals surface area contributed by atoms with Crippen molar-refractivity contribution in [2.24, 2.45) is 0 Å². The molecule has 0 aliphatic heterocycles. The van der Waals surface area contributed by atoms with E-state index in [-0.39, 0.29) is 11.9 Å². The number of amides is 1. The Morgan fingerprint density at radius 1 is 0.952 bits per heavy atom. The Kier molecular flexibility index (Phi) is 7.94. The molecule has 1 amide bonds. The number of esters is 1. The Morgan fingerprint density at radius 2 is 1.52 bits per heavy atom. The molecule has 1 aromatic rings. The molecule has 5 nitrogen and oxygen atoms in total. The summed E-state index contributed by atoms with van der Waals surface area (Å²) in [6, 6.07) is 6.92. The fourth-order valence-corrected chi connectivity index (χ4v) is 1.86. The second-order valence-corrected chi connectivity index (χ2v) is 4.74. The zero-order valence-electron chi connectivity index (χ0n) is 12.7. The predicted octanol–water partition coefficient (Wildman–Crippen LogP) is 2.69. The van der Waals surface area contributed by atoms with Crippen LogP contribution in [0.5, 0.6) is 11.5 Å². The SMILES string of the molecule is CNC(=O)CCCCCCC(=O)Oc1ccc(OC)cc1. The van der Waals surface area contributed by atoms with Crippen LogP contribution in [0.3, 0.4) is 0 Å². The van der Waals surface area contributed by atoms with Crippen molar-refractivity contribution in [1.29, 1.82) is 0 Å². The molecule has 0 aliphatic rings. The molecule has 1 N–H and O–H groups in total. The van der Waals surface area contributed by atoms with Crippen LogP contribution in [-0.4, -0.2) is 26.0 Å². The van der Waals surface area contributed by atoms with E-state index in [1.54, 1.807) is 38.4 Å². The summed E-state index contributed by atoms with van der Waals surface area (Å²) in [5.74, 6) is 1.09. The number of benzene rings is 1. The maximum absolute atomic E-state index is 11.6. The van der Waals surface area contributed by atoms with E-state index in [0.29, 0.717) is 18.6 Å². The lowest BCUT2D eigenvalue weighted by molar-refractivity contribution is -0.134. The van der Waals surface area contributed by atoms with Gasteiger partial charge in [0.2, 0.25) is 5.91 Å². The maximum atomic E-state index is 11.6. The van der Waals surface area contributed by atoms with Gasteiger partial charge < -0.3 is 14.8 Å². The average molecular weight is 293 g/mol. The fourth-order valence-electron chi connectivity index (χ4n) is 1.86. The minimum Gasteiger partial charge on any atom is -0.497 e. The quantitative estimate of drug-likeness (QED) is 0.432. The molecular weight excluding hydrogens is 270 g/mol. The molecule has 116 valence electrons. The highest BCUT2D eigenvalue weighted by Crippen LogP contribution is 2.17. The van der Waals surface area contributed by atoms with Gasteiger partial charge in [-0.3, -0.25) is 9.59 Å². The molecule has 1 rings (SSSR count). The number of nitrogens with one attached hydrogen (secondary N) is 1. The Labute approximate surface area is 125 Å². The van der Waals surface area contributed by atoms with Gasteiger partial charge in [-0.15, -0.1) is 0 Å². The number of rotatable bonds is 9. The van der Waals surface area contributed by atoms with E-state index in [0.717, 1.165) is 31.4 Å². The third-order valence-corrected chi connectivity index (χ3v) is 3.10. The van der Waals surface area contributed by atoms with Gasteiger partial charge in [0, 0.05) is 19.9 Å². The van der Waals surface area contributed by atoms with Crippen LogP contribution in [-0.2, 0) is 9.59 Å². The highest BCUT2D eigenvalue weighted by atomic mass is 16.5. The van der Waals surface area contributed by atoms with E-state index in [1.807, 2.05) is 0 Å². The van der Waals surface area contributed by atoms with Crippen LogP contribution in [0.15, 0.2) is 24.3 Å². The number of carbonyl (C=O) groups excluding carboxylic acids is 2. The molecule has 0 spiro atoms. The van der Waals surface area contributed by atoms with Crippen molar-refractivity contribution in [1.82, 2.24) is 5.32 Å². The van der Waals surface area contributed by atoms with Crippen molar-refractivity contribution < 1.29 is 19.1 Å². The van der Waals surface area contributed by atoms with Crippen molar-refractivity contribution >= 4 is 11.9 Å². The van der Waals surface area contributed by atoms with Crippen LogP contribution in [0.2, 0.25) is 0 Å². The topological polar surface area (TPSA) is 64.6 Å². The van der Waals surface area contributed by atoms with Gasteiger partial charge in [0.25, 0.3) is 0 Å². The third kappa shape index (κ3) is 7.34. The Balaban J connectivity index is 2.12. The number of carbonyl (C=O) groups is 2. The molecule has 5 heteroatoms. The van der Waals surface area contributed by atoms with Crippen molar-refractivity contribution in [2.75, 3.05) is 14.2 Å². The van der Waals surface area contributed by atoms with E-state index >= 15 is 0 Å². The van der Waals surface area contributed by atoms with E-state index in [4.69, 9.17) is 9.47 Å². The highest BCUT2D eigenvalue weighted by Gasteiger charge is 2.05. The number of ether oxygens (including phenoxy) is 2. The Hall–Kier alpha value is -2.04. The average Bonchev–Trinajstić information content (AvgIpc) is 2.51. The zero-order valence-corrected chi connectivity index (χ0v) is 12.7. The molecule has 0 saturated heterocycles. The van der Waals surface area contributed by atoms with Gasteiger partial charge in [0.05, 0.1) is 7.11 Å². The first kappa shape index (κ1) is 17.0. The molecule has 0 saturated carbocycles. The molecule has 0 unspecified atom stereocenters. The minimum atomic E-state index is -0.230. The van der Waals surface area contributed by atoms with Crippen LogP contribution in [0, 0.1) is 0 Å². The molecule has 0 aliphatic carbocycles. The number of methoxy groups -OCH3 is 1. The third-order valence-electron chi connectivity index (χ3n) is 3.10. The van der Waals surface area contributed by atoms with E-state index < -0.39 is 0 Å². The first-order valence-electron chi connectivity index (χ1n) is 7.21. The largest absolute Gasteiger partial charge is 0.497 e. The molecule has 0 aromatic heterocycles. The van der Waals surface area contributed by atoms with Gasteiger partial charge in [-0.1, -0.05) is 12.8 Å². The summed E-state index contributed by atoms with van der Waals surface area (Å²) in [7, 11) is 3.22. The van der Waals surface area contributed by atoms with Gasteiger partial charge in [-0.2, -0.15) is 0 Å². The number of hydrogen-bond acceptors (Lipinski definition) is 4. The normalized spacial score (nSPS) is 10.0. The lowest BCUT2D eigenvalue weighted by atomic mass is 10.1. The van der Waals surface area contributed by atoms with Gasteiger partial charge >= 0.3 is 5.97 Å². The molecule has 0 heterocycles. The second-order valence-electron chi connectivity index (χ2n) is 4.74. The monoisotopic (exact) mass is 293 g/mol. The lowest BCUT2D eigenvalue weighted by Gasteiger charge is -2.05. The summed E-state index contributed by atoms with van der Waals surface area (Å²) < 4.78 is 10.2. The van der Waals surface area contributed by atoms with Crippen LogP contribution in [0.4, 0.5) is 0 Å². The summed E-state index contributed by atoms with van der Waals surface area (Å²) in [4.78, 5) is 22.6. The summed E-state index contributed by atoms with van der Waals surface area (Å²) in [5.41, 5.74) is 0. The molecule has 1 aromatic carbocycles. The summed E-state index contributed by atoms with van der Waals surface area (Å²) in [6.07, 6.45) is 4.45. The second kappa shape index (κ2) is 9.80. The van der Waals surface area contributed by atoms with Crippen molar-refractivity contribution in [3.63, 3.8) is 0 Å². The summed E-state index contributed by atoms with van der Waals surface area (Å²) in [5, 5.41) is 2.59. The number of unbranched alkanes of at least 4 members (excludes halogenated alkanes) is 3. The van der Waals surface area contributed by atoms with E-state index in [2.05, 4.69) is 5.32 Å². The van der Waals surface area contributed by atoms with Gasteiger partial charge in [0.15, 0.2) is 0 Å². The summed E-state index contributed by atoms with van der Waals surface area (Å²) in [6.45, 7) is 0. The van der Waals surface area contributed by atoms with E-state index in [9.17, 15) is 9.59 Å². The Bertz CT molecular complexity index is 442. The van der Waals surface area contributed by atoms with Gasteiger partial charge in [-0.25, -0.2) is 0 Å². The fraction of sp³-hybridized carbons (Fsp3) is 0.500. The zero-order chi connectivity index (χ0) is 15.5.